The third-order valence-electron chi connectivity index (χ3n) is 6.97. The summed E-state index contributed by atoms with van der Waals surface area (Å²) in [6, 6.07) is -0.117. The molecular formula is C22H33NO4. The van der Waals surface area contributed by atoms with Crippen LogP contribution in [0.1, 0.15) is 60.3 Å². The predicted molar refractivity (Wildman–Crippen MR) is 104 cm³/mol. The second-order valence-electron chi connectivity index (χ2n) is 9.24. The molecule has 0 aromatic heterocycles. The third kappa shape index (κ3) is 3.09. The van der Waals surface area contributed by atoms with E-state index in [9.17, 15) is 19.8 Å². The van der Waals surface area contributed by atoms with Crippen molar-refractivity contribution in [3.8, 4) is 0 Å². The van der Waals surface area contributed by atoms with Crippen molar-refractivity contribution in [1.29, 1.82) is 0 Å². The van der Waals surface area contributed by atoms with E-state index in [4.69, 9.17) is 0 Å². The van der Waals surface area contributed by atoms with Gasteiger partial charge in [0, 0.05) is 24.3 Å². The highest BCUT2D eigenvalue weighted by Gasteiger charge is 2.67. The standard InChI is InChI=1S/C22H33NO4/c1-11(2)8-17-19-13(4)14(5)20(26)16-9-12(3)6-7-15(24)10-18(25)22(16,19)21(27)23-17/h6,11,15-17,19-20,24,26H,7-10H2,1-5H3,(H,23,27). The first-order chi connectivity index (χ1) is 12.6. The highest BCUT2D eigenvalue weighted by molar-refractivity contribution is 6.09. The Morgan fingerprint density at radius 2 is 1.81 bits per heavy atom. The molecule has 3 rings (SSSR count). The van der Waals surface area contributed by atoms with E-state index in [0.717, 1.165) is 23.1 Å². The molecule has 150 valence electrons. The third-order valence-corrected chi connectivity index (χ3v) is 6.97. The normalized spacial score (nSPS) is 40.0. The second-order valence-corrected chi connectivity index (χ2v) is 9.24. The molecule has 1 aliphatic heterocycles. The number of hydrogen-bond donors (Lipinski definition) is 3. The van der Waals surface area contributed by atoms with Crippen LogP contribution in [0.3, 0.4) is 0 Å². The largest absolute Gasteiger partial charge is 0.392 e. The fourth-order valence-corrected chi connectivity index (χ4v) is 5.62. The first-order valence-corrected chi connectivity index (χ1v) is 10.1. The molecule has 1 fully saturated rings. The quantitative estimate of drug-likeness (QED) is 0.511. The Kier molecular flexibility index (Phi) is 5.39. The van der Waals surface area contributed by atoms with Crippen molar-refractivity contribution in [2.24, 2.45) is 23.2 Å². The highest BCUT2D eigenvalue weighted by Crippen LogP contribution is 2.56. The van der Waals surface area contributed by atoms with Gasteiger partial charge < -0.3 is 15.5 Å². The number of rotatable bonds is 2. The molecule has 1 saturated heterocycles. The van der Waals surface area contributed by atoms with Crippen molar-refractivity contribution >= 4 is 11.7 Å². The number of aliphatic hydroxyl groups is 2. The van der Waals surface area contributed by atoms with Crippen molar-refractivity contribution in [3.05, 3.63) is 22.8 Å². The smallest absolute Gasteiger partial charge is 0.235 e. The van der Waals surface area contributed by atoms with E-state index in [1.54, 1.807) is 0 Å². The predicted octanol–water partition coefficient (Wildman–Crippen LogP) is 2.52. The lowest BCUT2D eigenvalue weighted by Gasteiger charge is -2.47. The number of carbonyl (C=O) groups excluding carboxylic acids is 2. The summed E-state index contributed by atoms with van der Waals surface area (Å²) in [7, 11) is 0. The van der Waals surface area contributed by atoms with Crippen molar-refractivity contribution in [1.82, 2.24) is 5.32 Å². The molecule has 5 heteroatoms. The van der Waals surface area contributed by atoms with Gasteiger partial charge in [-0.15, -0.1) is 0 Å². The molecule has 27 heavy (non-hydrogen) atoms. The van der Waals surface area contributed by atoms with Crippen LogP contribution in [0.2, 0.25) is 0 Å². The Balaban J connectivity index is 2.22. The summed E-state index contributed by atoms with van der Waals surface area (Å²) in [5, 5.41) is 24.6. The lowest BCUT2D eigenvalue weighted by molar-refractivity contribution is -0.151. The van der Waals surface area contributed by atoms with Gasteiger partial charge in [0.1, 0.15) is 5.41 Å². The molecule has 0 saturated carbocycles. The number of Topliss-reactive ketones (excluding diaryl/α,β-unsaturated/α-hetero) is 1. The molecule has 3 aliphatic rings. The Hall–Kier alpha value is -1.46. The number of aliphatic hydroxyl groups excluding tert-OH is 2. The van der Waals surface area contributed by atoms with E-state index in [-0.39, 0.29) is 30.1 Å². The van der Waals surface area contributed by atoms with E-state index in [1.807, 2.05) is 26.8 Å². The summed E-state index contributed by atoms with van der Waals surface area (Å²) in [5.74, 6) is -0.852. The molecule has 1 spiro atoms. The van der Waals surface area contributed by atoms with Crippen LogP contribution < -0.4 is 5.32 Å². The van der Waals surface area contributed by atoms with Crippen LogP contribution in [0, 0.1) is 23.2 Å². The fraction of sp³-hybridized carbons (Fsp3) is 0.727. The summed E-state index contributed by atoms with van der Waals surface area (Å²) in [6.07, 6.45) is 1.97. The van der Waals surface area contributed by atoms with Crippen LogP contribution in [0.25, 0.3) is 0 Å². The van der Waals surface area contributed by atoms with Gasteiger partial charge in [-0.3, -0.25) is 9.59 Å². The van der Waals surface area contributed by atoms with Gasteiger partial charge in [0.2, 0.25) is 5.91 Å². The lowest BCUT2D eigenvalue weighted by Crippen LogP contribution is -2.56. The van der Waals surface area contributed by atoms with Gasteiger partial charge in [-0.05, 0) is 51.5 Å². The van der Waals surface area contributed by atoms with E-state index in [1.165, 1.54) is 0 Å². The van der Waals surface area contributed by atoms with E-state index in [0.29, 0.717) is 18.8 Å². The zero-order chi connectivity index (χ0) is 20.1. The summed E-state index contributed by atoms with van der Waals surface area (Å²) in [6.45, 7) is 10.1. The van der Waals surface area contributed by atoms with Crippen molar-refractivity contribution in [2.45, 2.75) is 78.6 Å². The molecule has 0 aromatic rings. The summed E-state index contributed by atoms with van der Waals surface area (Å²) in [5.41, 5.74) is 1.55. The van der Waals surface area contributed by atoms with Gasteiger partial charge in [0.25, 0.3) is 0 Å². The summed E-state index contributed by atoms with van der Waals surface area (Å²) in [4.78, 5) is 26.9. The van der Waals surface area contributed by atoms with Gasteiger partial charge in [0.05, 0.1) is 12.2 Å². The number of nitrogens with one attached hydrogen (secondary N) is 1. The minimum absolute atomic E-state index is 0.0440. The molecule has 1 heterocycles. The molecule has 6 unspecified atom stereocenters. The average Bonchev–Trinajstić information content (AvgIpc) is 2.88. The molecule has 1 amide bonds. The van der Waals surface area contributed by atoms with Crippen LogP contribution in [0.5, 0.6) is 0 Å². The zero-order valence-corrected chi connectivity index (χ0v) is 17.1. The number of carbonyl (C=O) groups is 2. The van der Waals surface area contributed by atoms with E-state index < -0.39 is 23.5 Å². The minimum Gasteiger partial charge on any atom is -0.392 e. The molecule has 0 bridgehead atoms. The van der Waals surface area contributed by atoms with Crippen molar-refractivity contribution in [3.63, 3.8) is 0 Å². The number of amides is 1. The van der Waals surface area contributed by atoms with E-state index in [2.05, 4.69) is 19.2 Å². The molecule has 0 aromatic carbocycles. The van der Waals surface area contributed by atoms with Crippen LogP contribution in [-0.2, 0) is 9.59 Å². The Morgan fingerprint density at radius 1 is 1.15 bits per heavy atom. The van der Waals surface area contributed by atoms with Gasteiger partial charge in [-0.2, -0.15) is 0 Å². The first-order valence-electron chi connectivity index (χ1n) is 10.1. The van der Waals surface area contributed by atoms with Gasteiger partial charge in [-0.25, -0.2) is 0 Å². The fourth-order valence-electron chi connectivity index (χ4n) is 5.62. The highest BCUT2D eigenvalue weighted by atomic mass is 16.3. The molecule has 3 N–H and O–H groups in total. The number of allylic oxidation sites excluding steroid dienone is 1. The van der Waals surface area contributed by atoms with Crippen LogP contribution in [0.4, 0.5) is 0 Å². The first kappa shape index (κ1) is 20.3. The summed E-state index contributed by atoms with van der Waals surface area (Å²) >= 11 is 0. The topological polar surface area (TPSA) is 86.6 Å². The second kappa shape index (κ2) is 7.17. The Labute approximate surface area is 161 Å². The lowest BCUT2D eigenvalue weighted by atomic mass is 9.53. The minimum atomic E-state index is -1.29. The van der Waals surface area contributed by atoms with Crippen LogP contribution in [-0.4, -0.2) is 40.2 Å². The maximum Gasteiger partial charge on any atom is 0.235 e. The zero-order valence-electron chi connectivity index (χ0n) is 17.1. The average molecular weight is 376 g/mol. The number of ketones is 1. The van der Waals surface area contributed by atoms with Crippen molar-refractivity contribution < 1.29 is 19.8 Å². The number of hydrogen-bond acceptors (Lipinski definition) is 4. The Morgan fingerprint density at radius 3 is 2.44 bits per heavy atom. The molecule has 2 aliphatic carbocycles. The maximum atomic E-state index is 13.5. The van der Waals surface area contributed by atoms with Gasteiger partial charge in [-0.1, -0.05) is 31.1 Å². The monoisotopic (exact) mass is 375 g/mol. The van der Waals surface area contributed by atoms with Gasteiger partial charge in [0.15, 0.2) is 5.78 Å². The Bertz CT molecular complexity index is 707. The molecular weight excluding hydrogens is 342 g/mol. The molecule has 5 nitrogen and oxygen atoms in total. The van der Waals surface area contributed by atoms with E-state index >= 15 is 0 Å². The molecule has 6 atom stereocenters. The van der Waals surface area contributed by atoms with Crippen molar-refractivity contribution in [2.75, 3.05) is 0 Å². The summed E-state index contributed by atoms with van der Waals surface area (Å²) < 4.78 is 0. The van der Waals surface area contributed by atoms with Gasteiger partial charge >= 0.3 is 0 Å². The van der Waals surface area contributed by atoms with Crippen LogP contribution in [0.15, 0.2) is 22.8 Å². The molecule has 0 radical (unpaired) electrons. The van der Waals surface area contributed by atoms with Crippen LogP contribution >= 0.6 is 0 Å². The SMILES string of the molecule is CC1=CCC(O)CC(=O)C23C(=O)NC(CC(C)C)C2C(C)=C(C)C(O)C3C1. The maximum absolute atomic E-state index is 13.5.